The second-order valence-electron chi connectivity index (χ2n) is 3.58. The minimum atomic E-state index is -0.511. The van der Waals surface area contributed by atoms with Crippen LogP contribution in [-0.4, -0.2) is 9.85 Å². The molecule has 0 aromatic heterocycles. The van der Waals surface area contributed by atoms with Gasteiger partial charge in [-0.05, 0) is 23.8 Å². The van der Waals surface area contributed by atoms with Gasteiger partial charge in [0, 0.05) is 18.2 Å². The van der Waals surface area contributed by atoms with Crippen LogP contribution in [0, 0.1) is 20.2 Å². The Hall–Kier alpha value is -2.76. The van der Waals surface area contributed by atoms with E-state index in [9.17, 15) is 20.2 Å². The first-order chi connectivity index (χ1) is 8.59. The summed E-state index contributed by atoms with van der Waals surface area (Å²) in [5, 5.41) is 21.4. The van der Waals surface area contributed by atoms with Crippen LogP contribution in [0.2, 0.25) is 0 Å². The summed E-state index contributed by atoms with van der Waals surface area (Å²) in [6.45, 7) is 0. The highest BCUT2D eigenvalue weighted by molar-refractivity contribution is 5.73. The number of hydrogen-bond acceptors (Lipinski definition) is 4. The van der Waals surface area contributed by atoms with Gasteiger partial charge in [0.2, 0.25) is 0 Å². The van der Waals surface area contributed by atoms with E-state index < -0.39 is 9.85 Å². The Labute approximate surface area is 102 Å². The predicted octanol–water partition coefficient (Wildman–Crippen LogP) is 3.17. The van der Waals surface area contributed by atoms with Crippen LogP contribution in [0.3, 0.4) is 0 Å². The standard InChI is InChI=1S/C12H8N2O4/c15-13(16)10-7-5-9(6-8-10)11-3-1-2-4-12(11)14(17)18/h1-8H. The summed E-state index contributed by atoms with van der Waals surface area (Å²) in [5.74, 6) is 0. The van der Waals surface area contributed by atoms with Crippen LogP contribution in [0.1, 0.15) is 0 Å². The third-order valence-electron chi connectivity index (χ3n) is 2.49. The van der Waals surface area contributed by atoms with Crippen LogP contribution in [0.25, 0.3) is 11.1 Å². The van der Waals surface area contributed by atoms with Crippen molar-refractivity contribution in [1.82, 2.24) is 0 Å². The Bertz CT molecular complexity index is 608. The Balaban J connectivity index is 2.49. The predicted molar refractivity (Wildman–Crippen MR) is 65.2 cm³/mol. The summed E-state index contributed by atoms with van der Waals surface area (Å²) in [7, 11) is 0. The van der Waals surface area contributed by atoms with E-state index in [1.165, 1.54) is 30.3 Å². The lowest BCUT2D eigenvalue weighted by atomic mass is 10.0. The summed E-state index contributed by atoms with van der Waals surface area (Å²) in [5.41, 5.74) is 0.953. The van der Waals surface area contributed by atoms with Crippen LogP contribution in [0.4, 0.5) is 11.4 Å². The third kappa shape index (κ3) is 2.17. The summed E-state index contributed by atoms with van der Waals surface area (Å²) < 4.78 is 0. The van der Waals surface area contributed by atoms with Gasteiger partial charge in [-0.2, -0.15) is 0 Å². The van der Waals surface area contributed by atoms with Crippen molar-refractivity contribution in [1.29, 1.82) is 0 Å². The van der Waals surface area contributed by atoms with Crippen molar-refractivity contribution in [3.8, 4) is 11.1 Å². The van der Waals surface area contributed by atoms with Crippen LogP contribution >= 0.6 is 0 Å². The van der Waals surface area contributed by atoms with Crippen molar-refractivity contribution >= 4 is 11.4 Å². The Morgan fingerprint density at radius 1 is 0.778 bits per heavy atom. The maximum absolute atomic E-state index is 10.9. The van der Waals surface area contributed by atoms with Crippen molar-refractivity contribution in [3.05, 3.63) is 68.8 Å². The Kier molecular flexibility index (Phi) is 3.01. The molecule has 0 aliphatic rings. The van der Waals surface area contributed by atoms with E-state index in [4.69, 9.17) is 0 Å². The molecule has 0 aliphatic carbocycles. The van der Waals surface area contributed by atoms with E-state index in [0.717, 1.165) is 0 Å². The minimum Gasteiger partial charge on any atom is -0.258 e. The molecular formula is C12H8N2O4. The molecule has 6 heteroatoms. The van der Waals surface area contributed by atoms with E-state index in [0.29, 0.717) is 11.1 Å². The van der Waals surface area contributed by atoms with Gasteiger partial charge in [-0.25, -0.2) is 0 Å². The van der Waals surface area contributed by atoms with E-state index in [2.05, 4.69) is 0 Å². The molecule has 0 amide bonds. The fourth-order valence-corrected chi connectivity index (χ4v) is 1.64. The highest BCUT2D eigenvalue weighted by atomic mass is 16.6. The topological polar surface area (TPSA) is 86.3 Å². The number of hydrogen-bond donors (Lipinski definition) is 0. The zero-order valence-electron chi connectivity index (χ0n) is 9.15. The zero-order valence-corrected chi connectivity index (χ0v) is 9.15. The van der Waals surface area contributed by atoms with Gasteiger partial charge in [0.1, 0.15) is 0 Å². The van der Waals surface area contributed by atoms with Gasteiger partial charge in [0.25, 0.3) is 11.4 Å². The molecule has 0 aliphatic heterocycles. The molecule has 0 N–H and O–H groups in total. The molecule has 6 nitrogen and oxygen atoms in total. The van der Waals surface area contributed by atoms with E-state index >= 15 is 0 Å². The summed E-state index contributed by atoms with van der Waals surface area (Å²) >= 11 is 0. The first-order valence-electron chi connectivity index (χ1n) is 5.08. The first-order valence-corrected chi connectivity index (χ1v) is 5.08. The molecule has 0 saturated carbocycles. The molecule has 18 heavy (non-hydrogen) atoms. The lowest BCUT2D eigenvalue weighted by molar-refractivity contribution is -0.385. The lowest BCUT2D eigenvalue weighted by Crippen LogP contribution is -1.92. The smallest absolute Gasteiger partial charge is 0.258 e. The summed E-state index contributed by atoms with van der Waals surface area (Å²) in [6.07, 6.45) is 0. The molecule has 0 atom stereocenters. The van der Waals surface area contributed by atoms with Crippen LogP contribution in [-0.2, 0) is 0 Å². The second-order valence-corrected chi connectivity index (χ2v) is 3.58. The highest BCUT2D eigenvalue weighted by Gasteiger charge is 2.14. The lowest BCUT2D eigenvalue weighted by Gasteiger charge is -2.02. The molecule has 0 saturated heterocycles. The SMILES string of the molecule is O=[N+]([O-])c1ccc(-c2ccccc2[N+](=O)[O-])cc1. The highest BCUT2D eigenvalue weighted by Crippen LogP contribution is 2.30. The van der Waals surface area contributed by atoms with Crippen molar-refractivity contribution in [2.75, 3.05) is 0 Å². The van der Waals surface area contributed by atoms with Crippen molar-refractivity contribution in [2.24, 2.45) is 0 Å². The van der Waals surface area contributed by atoms with Crippen molar-refractivity contribution in [2.45, 2.75) is 0 Å². The third-order valence-corrected chi connectivity index (χ3v) is 2.49. The normalized spacial score (nSPS) is 10.0. The maximum Gasteiger partial charge on any atom is 0.277 e. The number of para-hydroxylation sites is 1. The molecule has 2 aromatic carbocycles. The zero-order chi connectivity index (χ0) is 13.1. The van der Waals surface area contributed by atoms with Gasteiger partial charge >= 0.3 is 0 Å². The van der Waals surface area contributed by atoms with Gasteiger partial charge < -0.3 is 0 Å². The summed E-state index contributed by atoms with van der Waals surface area (Å²) in [4.78, 5) is 20.4. The van der Waals surface area contributed by atoms with E-state index in [1.54, 1.807) is 18.2 Å². The number of nitrogens with zero attached hydrogens (tertiary/aromatic N) is 2. The minimum absolute atomic E-state index is 0.0219. The quantitative estimate of drug-likeness (QED) is 0.612. The average Bonchev–Trinajstić information content (AvgIpc) is 2.39. The molecule has 0 fully saturated rings. The number of rotatable bonds is 3. The first kappa shape index (κ1) is 11.7. The second kappa shape index (κ2) is 4.62. The molecule has 0 unspecified atom stereocenters. The van der Waals surface area contributed by atoms with E-state index in [1.807, 2.05) is 0 Å². The van der Waals surface area contributed by atoms with Gasteiger partial charge in [-0.3, -0.25) is 20.2 Å². The van der Waals surface area contributed by atoms with Crippen molar-refractivity contribution < 1.29 is 9.85 Å². The molecular weight excluding hydrogens is 236 g/mol. The Morgan fingerprint density at radius 3 is 1.94 bits per heavy atom. The van der Waals surface area contributed by atoms with Gasteiger partial charge in [0.15, 0.2) is 0 Å². The molecule has 0 bridgehead atoms. The fourth-order valence-electron chi connectivity index (χ4n) is 1.64. The Morgan fingerprint density at radius 2 is 1.39 bits per heavy atom. The number of nitro groups is 2. The van der Waals surface area contributed by atoms with Gasteiger partial charge in [0.05, 0.1) is 15.4 Å². The average molecular weight is 244 g/mol. The molecule has 2 rings (SSSR count). The molecule has 0 spiro atoms. The number of nitro benzene ring substituents is 2. The molecule has 0 radical (unpaired) electrons. The van der Waals surface area contributed by atoms with Gasteiger partial charge in [-0.15, -0.1) is 0 Å². The van der Waals surface area contributed by atoms with Crippen LogP contribution in [0.5, 0.6) is 0 Å². The molecule has 0 heterocycles. The van der Waals surface area contributed by atoms with Crippen LogP contribution < -0.4 is 0 Å². The van der Waals surface area contributed by atoms with Crippen molar-refractivity contribution in [3.63, 3.8) is 0 Å². The van der Waals surface area contributed by atoms with E-state index in [-0.39, 0.29) is 11.4 Å². The number of benzene rings is 2. The molecule has 90 valence electrons. The number of non-ortho nitro benzene ring substituents is 1. The van der Waals surface area contributed by atoms with Gasteiger partial charge in [-0.1, -0.05) is 12.1 Å². The monoisotopic (exact) mass is 244 g/mol. The summed E-state index contributed by atoms with van der Waals surface area (Å²) in [6, 6.07) is 11.9. The van der Waals surface area contributed by atoms with Crippen LogP contribution in [0.15, 0.2) is 48.5 Å². The largest absolute Gasteiger partial charge is 0.277 e. The fraction of sp³-hybridized carbons (Fsp3) is 0. The maximum atomic E-state index is 10.9. The molecule has 2 aromatic rings.